The van der Waals surface area contributed by atoms with Gasteiger partial charge >= 0.3 is 0 Å². The Hall–Kier alpha value is -1.88. The Balaban J connectivity index is 2.22. The van der Waals surface area contributed by atoms with Gasteiger partial charge in [0.05, 0.1) is 17.9 Å². The standard InChI is InChI=1S/C15H15F3N2/c1-2-19-15(14-6-5-12(17)9-20-14)7-10-3-4-11(16)8-13(10)18/h3-6,8-9,15,19H,2,7H2,1H3. The minimum Gasteiger partial charge on any atom is -0.309 e. The van der Waals surface area contributed by atoms with Crippen molar-refractivity contribution in [3.63, 3.8) is 0 Å². The van der Waals surface area contributed by atoms with E-state index in [1.807, 2.05) is 6.92 Å². The normalized spacial score (nSPS) is 12.4. The van der Waals surface area contributed by atoms with Crippen LogP contribution in [0, 0.1) is 17.5 Å². The molecule has 0 radical (unpaired) electrons. The van der Waals surface area contributed by atoms with Gasteiger partial charge in [-0.25, -0.2) is 13.2 Å². The second kappa shape index (κ2) is 6.52. The van der Waals surface area contributed by atoms with Crippen LogP contribution in [0.5, 0.6) is 0 Å². The molecule has 106 valence electrons. The van der Waals surface area contributed by atoms with Crippen LogP contribution in [0.3, 0.4) is 0 Å². The van der Waals surface area contributed by atoms with Crippen LogP contribution in [0.25, 0.3) is 0 Å². The molecular formula is C15H15F3N2. The Morgan fingerprint density at radius 2 is 1.85 bits per heavy atom. The number of benzene rings is 1. The predicted molar refractivity (Wildman–Crippen MR) is 70.7 cm³/mol. The first-order valence-electron chi connectivity index (χ1n) is 6.39. The summed E-state index contributed by atoms with van der Waals surface area (Å²) in [5.41, 5.74) is 1.01. The zero-order valence-electron chi connectivity index (χ0n) is 11.0. The van der Waals surface area contributed by atoms with Crippen LogP contribution < -0.4 is 5.32 Å². The Morgan fingerprint density at radius 1 is 1.10 bits per heavy atom. The Labute approximate surface area is 115 Å². The third-order valence-electron chi connectivity index (χ3n) is 3.00. The van der Waals surface area contributed by atoms with Crippen LogP contribution in [0.2, 0.25) is 0 Å². The monoisotopic (exact) mass is 280 g/mol. The summed E-state index contributed by atoms with van der Waals surface area (Å²) in [6, 6.07) is 6.12. The molecule has 20 heavy (non-hydrogen) atoms. The molecule has 0 bridgehead atoms. The summed E-state index contributed by atoms with van der Waals surface area (Å²) in [6.45, 7) is 2.57. The van der Waals surface area contributed by atoms with Crippen molar-refractivity contribution in [2.45, 2.75) is 19.4 Å². The Kier molecular flexibility index (Phi) is 4.74. The van der Waals surface area contributed by atoms with Gasteiger partial charge in [-0.2, -0.15) is 0 Å². The van der Waals surface area contributed by atoms with Gasteiger partial charge in [-0.15, -0.1) is 0 Å². The molecule has 1 aromatic carbocycles. The van der Waals surface area contributed by atoms with E-state index in [0.717, 1.165) is 12.3 Å². The van der Waals surface area contributed by atoms with E-state index in [4.69, 9.17) is 0 Å². The van der Waals surface area contributed by atoms with Gasteiger partial charge in [-0.05, 0) is 36.7 Å². The lowest BCUT2D eigenvalue weighted by atomic mass is 10.0. The van der Waals surface area contributed by atoms with Crippen molar-refractivity contribution in [1.29, 1.82) is 0 Å². The molecule has 1 N–H and O–H groups in total. The molecule has 2 aromatic rings. The number of aromatic nitrogens is 1. The van der Waals surface area contributed by atoms with E-state index in [0.29, 0.717) is 24.2 Å². The lowest BCUT2D eigenvalue weighted by Gasteiger charge is -2.17. The first-order valence-corrected chi connectivity index (χ1v) is 6.39. The van der Waals surface area contributed by atoms with E-state index >= 15 is 0 Å². The van der Waals surface area contributed by atoms with Gasteiger partial charge in [0, 0.05) is 6.07 Å². The number of rotatable bonds is 5. The number of nitrogens with one attached hydrogen (secondary N) is 1. The number of pyridine rings is 1. The van der Waals surface area contributed by atoms with Crippen LogP contribution in [-0.2, 0) is 6.42 Å². The Morgan fingerprint density at radius 3 is 2.45 bits per heavy atom. The number of likely N-dealkylation sites (N-methyl/N-ethyl adjacent to an activating group) is 1. The SMILES string of the molecule is CCNC(Cc1ccc(F)cc1F)c1ccc(F)cn1. The molecule has 1 atom stereocenters. The van der Waals surface area contributed by atoms with Gasteiger partial charge in [-0.1, -0.05) is 13.0 Å². The molecule has 0 aliphatic rings. The average molecular weight is 280 g/mol. The van der Waals surface area contributed by atoms with Crippen molar-refractivity contribution in [2.75, 3.05) is 6.54 Å². The van der Waals surface area contributed by atoms with Crippen molar-refractivity contribution in [1.82, 2.24) is 10.3 Å². The molecule has 0 amide bonds. The lowest BCUT2D eigenvalue weighted by molar-refractivity contribution is 0.509. The van der Waals surface area contributed by atoms with E-state index < -0.39 is 17.5 Å². The Bertz CT molecular complexity index is 570. The molecule has 2 nitrogen and oxygen atoms in total. The quantitative estimate of drug-likeness (QED) is 0.908. The highest BCUT2D eigenvalue weighted by Crippen LogP contribution is 2.19. The maximum Gasteiger partial charge on any atom is 0.141 e. The maximum atomic E-state index is 13.7. The molecule has 1 heterocycles. The summed E-state index contributed by atoms with van der Waals surface area (Å²) in [6.07, 6.45) is 1.44. The van der Waals surface area contributed by atoms with Gasteiger partial charge < -0.3 is 5.32 Å². The summed E-state index contributed by atoms with van der Waals surface area (Å²) in [7, 11) is 0. The molecule has 0 saturated carbocycles. The topological polar surface area (TPSA) is 24.9 Å². The van der Waals surface area contributed by atoms with Gasteiger partial charge in [0.25, 0.3) is 0 Å². The number of hydrogen-bond donors (Lipinski definition) is 1. The molecule has 2 rings (SSSR count). The van der Waals surface area contributed by atoms with Crippen molar-refractivity contribution in [3.8, 4) is 0 Å². The van der Waals surface area contributed by atoms with Crippen LogP contribution >= 0.6 is 0 Å². The van der Waals surface area contributed by atoms with Gasteiger partial charge in [0.1, 0.15) is 17.5 Å². The summed E-state index contributed by atoms with van der Waals surface area (Å²) in [4.78, 5) is 4.01. The van der Waals surface area contributed by atoms with Gasteiger partial charge in [0.2, 0.25) is 0 Å². The second-order valence-electron chi connectivity index (χ2n) is 4.45. The molecule has 1 unspecified atom stereocenters. The third kappa shape index (κ3) is 3.57. The van der Waals surface area contributed by atoms with E-state index in [1.54, 1.807) is 6.07 Å². The minimum atomic E-state index is -0.605. The molecule has 0 saturated heterocycles. The molecule has 5 heteroatoms. The zero-order valence-corrected chi connectivity index (χ0v) is 11.0. The number of nitrogens with zero attached hydrogens (tertiary/aromatic N) is 1. The van der Waals surface area contributed by atoms with Crippen LogP contribution in [0.15, 0.2) is 36.5 Å². The van der Waals surface area contributed by atoms with Crippen LogP contribution in [0.1, 0.15) is 24.2 Å². The summed E-state index contributed by atoms with van der Waals surface area (Å²) in [5.74, 6) is -1.61. The smallest absolute Gasteiger partial charge is 0.141 e. The zero-order chi connectivity index (χ0) is 14.5. The van der Waals surface area contributed by atoms with Gasteiger partial charge in [0.15, 0.2) is 0 Å². The van der Waals surface area contributed by atoms with Crippen LogP contribution in [-0.4, -0.2) is 11.5 Å². The van der Waals surface area contributed by atoms with Crippen molar-refractivity contribution < 1.29 is 13.2 Å². The fourth-order valence-corrected chi connectivity index (χ4v) is 2.03. The van der Waals surface area contributed by atoms with E-state index in [-0.39, 0.29) is 6.04 Å². The highest BCUT2D eigenvalue weighted by atomic mass is 19.1. The van der Waals surface area contributed by atoms with E-state index in [1.165, 1.54) is 18.2 Å². The minimum absolute atomic E-state index is 0.249. The van der Waals surface area contributed by atoms with Gasteiger partial charge in [-0.3, -0.25) is 4.98 Å². The largest absolute Gasteiger partial charge is 0.309 e. The third-order valence-corrected chi connectivity index (χ3v) is 3.00. The summed E-state index contributed by atoms with van der Waals surface area (Å²) in [5, 5.41) is 3.16. The molecule has 0 fully saturated rings. The molecule has 0 spiro atoms. The fraction of sp³-hybridized carbons (Fsp3) is 0.267. The summed E-state index contributed by atoms with van der Waals surface area (Å²) >= 11 is 0. The molecule has 0 aliphatic heterocycles. The van der Waals surface area contributed by atoms with Crippen molar-refractivity contribution >= 4 is 0 Å². The van der Waals surface area contributed by atoms with Crippen molar-refractivity contribution in [3.05, 3.63) is 65.2 Å². The number of halogens is 3. The first-order chi connectivity index (χ1) is 9.60. The fourth-order valence-electron chi connectivity index (χ4n) is 2.03. The number of hydrogen-bond acceptors (Lipinski definition) is 2. The lowest BCUT2D eigenvalue weighted by Crippen LogP contribution is -2.24. The van der Waals surface area contributed by atoms with Crippen molar-refractivity contribution in [2.24, 2.45) is 0 Å². The molecule has 1 aromatic heterocycles. The molecular weight excluding hydrogens is 265 g/mol. The molecule has 0 aliphatic carbocycles. The highest BCUT2D eigenvalue weighted by molar-refractivity contribution is 5.22. The highest BCUT2D eigenvalue weighted by Gasteiger charge is 2.15. The second-order valence-corrected chi connectivity index (χ2v) is 4.45. The van der Waals surface area contributed by atoms with E-state index in [9.17, 15) is 13.2 Å². The maximum absolute atomic E-state index is 13.7. The first kappa shape index (κ1) is 14.5. The average Bonchev–Trinajstić information content (AvgIpc) is 2.42. The van der Waals surface area contributed by atoms with Crippen LogP contribution in [0.4, 0.5) is 13.2 Å². The summed E-state index contributed by atoms with van der Waals surface area (Å²) < 4.78 is 39.5. The van der Waals surface area contributed by atoms with E-state index in [2.05, 4.69) is 10.3 Å². The predicted octanol–water partition coefficient (Wildman–Crippen LogP) is 3.39.